The molecular formula is C17H21Cl2N5O. The summed E-state index contributed by atoms with van der Waals surface area (Å²) in [6.07, 6.45) is -0.0885. The molecule has 0 radical (unpaired) electrons. The standard InChI is InChI=1S/C17H21Cl2N5O/c1-22-12-17(10-20,11-21)23-7-14-9-24(4-5-25-14)8-13-2-3-15(18)16(19)6-13/h2-3,6,14,22-23H,4-5,7-9,12H2,1H3. The molecule has 0 aliphatic carbocycles. The van der Waals surface area contributed by atoms with E-state index in [9.17, 15) is 10.5 Å². The van der Waals surface area contributed by atoms with Gasteiger partial charge >= 0.3 is 0 Å². The molecule has 134 valence electrons. The number of benzene rings is 1. The molecule has 0 bridgehead atoms. The zero-order valence-corrected chi connectivity index (χ0v) is 15.6. The van der Waals surface area contributed by atoms with Crippen LogP contribution in [0.15, 0.2) is 18.2 Å². The predicted octanol–water partition coefficient (Wildman–Crippen LogP) is 1.79. The first-order chi connectivity index (χ1) is 12.0. The van der Waals surface area contributed by atoms with E-state index in [-0.39, 0.29) is 12.6 Å². The monoisotopic (exact) mass is 381 g/mol. The summed E-state index contributed by atoms with van der Waals surface area (Å²) in [6, 6.07) is 9.70. The van der Waals surface area contributed by atoms with E-state index in [0.29, 0.717) is 29.7 Å². The third kappa shape index (κ3) is 5.55. The predicted molar refractivity (Wildman–Crippen MR) is 97.4 cm³/mol. The van der Waals surface area contributed by atoms with Gasteiger partial charge < -0.3 is 10.1 Å². The Balaban J connectivity index is 1.91. The first-order valence-corrected chi connectivity index (χ1v) is 8.77. The minimum atomic E-state index is -1.25. The summed E-state index contributed by atoms with van der Waals surface area (Å²) in [5.41, 5.74) is -0.161. The van der Waals surface area contributed by atoms with Crippen LogP contribution in [0.1, 0.15) is 5.56 Å². The van der Waals surface area contributed by atoms with Gasteiger partial charge in [0, 0.05) is 32.7 Å². The van der Waals surface area contributed by atoms with Crippen LogP contribution in [0.25, 0.3) is 0 Å². The van der Waals surface area contributed by atoms with Crippen molar-refractivity contribution in [2.24, 2.45) is 0 Å². The van der Waals surface area contributed by atoms with Gasteiger partial charge in [-0.15, -0.1) is 0 Å². The molecule has 1 aromatic carbocycles. The number of hydrogen-bond donors (Lipinski definition) is 2. The smallest absolute Gasteiger partial charge is 0.206 e. The summed E-state index contributed by atoms with van der Waals surface area (Å²) < 4.78 is 5.76. The van der Waals surface area contributed by atoms with Crippen molar-refractivity contribution in [2.75, 3.05) is 39.8 Å². The zero-order valence-electron chi connectivity index (χ0n) is 14.1. The van der Waals surface area contributed by atoms with Crippen molar-refractivity contribution in [3.63, 3.8) is 0 Å². The summed E-state index contributed by atoms with van der Waals surface area (Å²) in [4.78, 5) is 2.26. The van der Waals surface area contributed by atoms with Crippen LogP contribution in [0.2, 0.25) is 10.0 Å². The van der Waals surface area contributed by atoms with Crippen LogP contribution in [-0.2, 0) is 11.3 Å². The maximum atomic E-state index is 9.28. The Morgan fingerprint density at radius 3 is 2.72 bits per heavy atom. The van der Waals surface area contributed by atoms with Crippen LogP contribution in [0.4, 0.5) is 0 Å². The van der Waals surface area contributed by atoms with Gasteiger partial charge in [-0.05, 0) is 24.7 Å². The molecule has 1 heterocycles. The fourth-order valence-electron chi connectivity index (χ4n) is 2.74. The quantitative estimate of drug-likeness (QED) is 0.748. The molecule has 2 rings (SSSR count). The Morgan fingerprint density at radius 2 is 2.08 bits per heavy atom. The molecule has 6 nitrogen and oxygen atoms in total. The van der Waals surface area contributed by atoms with Crippen LogP contribution < -0.4 is 10.6 Å². The van der Waals surface area contributed by atoms with Gasteiger partial charge in [-0.2, -0.15) is 10.5 Å². The highest BCUT2D eigenvalue weighted by Crippen LogP contribution is 2.23. The Morgan fingerprint density at radius 1 is 1.32 bits per heavy atom. The van der Waals surface area contributed by atoms with Crippen molar-refractivity contribution < 1.29 is 4.74 Å². The SMILES string of the molecule is CNCC(C#N)(C#N)NCC1CN(Cc2ccc(Cl)c(Cl)c2)CCO1. The second-order valence-electron chi connectivity index (χ2n) is 6.02. The number of nitrogens with zero attached hydrogens (tertiary/aromatic N) is 3. The number of nitriles is 2. The normalized spacial score (nSPS) is 18.5. The summed E-state index contributed by atoms with van der Waals surface area (Å²) in [5, 5.41) is 25.6. The highest BCUT2D eigenvalue weighted by atomic mass is 35.5. The molecule has 8 heteroatoms. The van der Waals surface area contributed by atoms with Crippen LogP contribution in [-0.4, -0.2) is 56.4 Å². The summed E-state index contributed by atoms with van der Waals surface area (Å²) in [7, 11) is 1.71. The summed E-state index contributed by atoms with van der Waals surface area (Å²) in [5.74, 6) is 0. The summed E-state index contributed by atoms with van der Waals surface area (Å²) in [6.45, 7) is 3.55. The Hall–Kier alpha value is -1.38. The molecule has 1 saturated heterocycles. The molecular weight excluding hydrogens is 361 g/mol. The van der Waals surface area contributed by atoms with E-state index >= 15 is 0 Å². The van der Waals surface area contributed by atoms with Crippen molar-refractivity contribution in [1.29, 1.82) is 10.5 Å². The lowest BCUT2D eigenvalue weighted by molar-refractivity contribution is -0.0312. The molecule has 1 aliphatic rings. The minimum Gasteiger partial charge on any atom is -0.374 e. The van der Waals surface area contributed by atoms with Gasteiger partial charge in [0.25, 0.3) is 0 Å². The van der Waals surface area contributed by atoms with Crippen molar-refractivity contribution in [3.8, 4) is 12.1 Å². The molecule has 2 N–H and O–H groups in total. The molecule has 1 aliphatic heterocycles. The van der Waals surface area contributed by atoms with Gasteiger partial charge in [-0.1, -0.05) is 29.3 Å². The van der Waals surface area contributed by atoms with Gasteiger partial charge in [0.05, 0.1) is 22.8 Å². The van der Waals surface area contributed by atoms with Crippen molar-refractivity contribution in [2.45, 2.75) is 18.2 Å². The highest BCUT2D eigenvalue weighted by Gasteiger charge is 2.31. The number of morpholine rings is 1. The maximum Gasteiger partial charge on any atom is 0.206 e. The lowest BCUT2D eigenvalue weighted by Crippen LogP contribution is -2.55. The Kier molecular flexibility index (Phi) is 7.46. The second-order valence-corrected chi connectivity index (χ2v) is 6.83. The number of hydrogen-bond acceptors (Lipinski definition) is 6. The van der Waals surface area contributed by atoms with Crippen LogP contribution in [0.3, 0.4) is 0 Å². The van der Waals surface area contributed by atoms with Gasteiger partial charge in [0.1, 0.15) is 12.1 Å². The van der Waals surface area contributed by atoms with Gasteiger partial charge in [-0.3, -0.25) is 10.2 Å². The van der Waals surface area contributed by atoms with E-state index in [1.165, 1.54) is 0 Å². The third-order valence-electron chi connectivity index (χ3n) is 4.07. The highest BCUT2D eigenvalue weighted by molar-refractivity contribution is 6.42. The van der Waals surface area contributed by atoms with Gasteiger partial charge in [-0.25, -0.2) is 0 Å². The van der Waals surface area contributed by atoms with Crippen LogP contribution >= 0.6 is 23.2 Å². The molecule has 1 aromatic rings. The number of nitrogens with one attached hydrogen (secondary N) is 2. The lowest BCUT2D eigenvalue weighted by atomic mass is 10.0. The van der Waals surface area contributed by atoms with Crippen molar-refractivity contribution in [3.05, 3.63) is 33.8 Å². The molecule has 0 aromatic heterocycles. The number of likely N-dealkylation sites (N-methyl/N-ethyl adjacent to an activating group) is 1. The number of rotatable bonds is 7. The molecule has 1 unspecified atom stereocenters. The van der Waals surface area contributed by atoms with Crippen LogP contribution in [0, 0.1) is 22.7 Å². The minimum absolute atomic E-state index is 0.0885. The van der Waals surface area contributed by atoms with E-state index in [1.807, 2.05) is 24.3 Å². The molecule has 1 fully saturated rings. The van der Waals surface area contributed by atoms with E-state index < -0.39 is 5.54 Å². The zero-order chi connectivity index (χ0) is 18.3. The summed E-state index contributed by atoms with van der Waals surface area (Å²) >= 11 is 12.0. The van der Waals surface area contributed by atoms with Gasteiger partial charge in [0.15, 0.2) is 0 Å². The molecule has 0 spiro atoms. The second kappa shape index (κ2) is 9.35. The topological polar surface area (TPSA) is 84.1 Å². The molecule has 0 amide bonds. The molecule has 0 saturated carbocycles. The average Bonchev–Trinajstić information content (AvgIpc) is 2.62. The van der Waals surface area contributed by atoms with Crippen LogP contribution in [0.5, 0.6) is 0 Å². The van der Waals surface area contributed by atoms with E-state index in [2.05, 4.69) is 15.5 Å². The third-order valence-corrected chi connectivity index (χ3v) is 4.81. The van der Waals surface area contributed by atoms with Gasteiger partial charge in [0.2, 0.25) is 5.54 Å². The maximum absolute atomic E-state index is 9.28. The average molecular weight is 382 g/mol. The van der Waals surface area contributed by atoms with E-state index in [4.69, 9.17) is 27.9 Å². The number of halogens is 2. The number of ether oxygens (including phenoxy) is 1. The first-order valence-electron chi connectivity index (χ1n) is 8.02. The Bertz CT molecular complexity index is 656. The lowest BCUT2D eigenvalue weighted by Gasteiger charge is -2.34. The molecule has 1 atom stereocenters. The Labute approximate surface area is 158 Å². The first kappa shape index (κ1) is 19.9. The van der Waals surface area contributed by atoms with E-state index in [1.54, 1.807) is 13.1 Å². The largest absolute Gasteiger partial charge is 0.374 e. The van der Waals surface area contributed by atoms with E-state index in [0.717, 1.165) is 18.7 Å². The fourth-order valence-corrected chi connectivity index (χ4v) is 3.06. The molecule has 25 heavy (non-hydrogen) atoms. The fraction of sp³-hybridized carbons (Fsp3) is 0.529. The van der Waals surface area contributed by atoms with Crippen molar-refractivity contribution in [1.82, 2.24) is 15.5 Å². The van der Waals surface area contributed by atoms with Crippen molar-refractivity contribution >= 4 is 23.2 Å².